The zero-order valence-electron chi connectivity index (χ0n) is 15.8. The highest BCUT2D eigenvalue weighted by atomic mass is 79.9. The molecule has 5 rings (SSSR count). The topological polar surface area (TPSA) is 80.3 Å². The number of anilines is 1. The van der Waals surface area contributed by atoms with Crippen molar-refractivity contribution in [3.63, 3.8) is 0 Å². The minimum Gasteiger partial charge on any atom is -0.462 e. The number of nitrogens with zero attached hydrogens (tertiary/aromatic N) is 1. The Balaban J connectivity index is 1.35. The molecule has 0 radical (unpaired) electrons. The Bertz CT molecular complexity index is 774. The Hall–Kier alpha value is -1.47. The van der Waals surface area contributed by atoms with Crippen molar-refractivity contribution in [3.05, 3.63) is 22.9 Å². The summed E-state index contributed by atoms with van der Waals surface area (Å²) in [5, 5.41) is 6.31. The average Bonchev–Trinajstić information content (AvgIpc) is 3.37. The van der Waals surface area contributed by atoms with Crippen molar-refractivity contribution in [3.8, 4) is 0 Å². The summed E-state index contributed by atoms with van der Waals surface area (Å²) in [5.74, 6) is -0.134. The molecule has 4 aliphatic rings. The van der Waals surface area contributed by atoms with E-state index in [0.29, 0.717) is 17.5 Å². The number of carbonyl (C=O) groups is 2. The number of rotatable bonds is 4. The van der Waals surface area contributed by atoms with Gasteiger partial charge in [0.15, 0.2) is 0 Å². The Labute approximate surface area is 173 Å². The zero-order chi connectivity index (χ0) is 19.3. The third kappa shape index (κ3) is 3.07. The van der Waals surface area contributed by atoms with Gasteiger partial charge in [-0.25, -0.2) is 4.98 Å². The Morgan fingerprint density at radius 1 is 1.11 bits per heavy atom. The molecular formula is C21H26BrN3O3. The van der Waals surface area contributed by atoms with Crippen molar-refractivity contribution >= 4 is 33.5 Å². The number of aromatic nitrogens is 1. The van der Waals surface area contributed by atoms with Gasteiger partial charge in [-0.05, 0) is 96.9 Å². The van der Waals surface area contributed by atoms with Gasteiger partial charge in [0.05, 0.1) is 23.7 Å². The van der Waals surface area contributed by atoms with Crippen molar-refractivity contribution in [2.45, 2.75) is 44.6 Å². The highest BCUT2D eigenvalue weighted by Gasteiger charge is 2.72. The Morgan fingerprint density at radius 2 is 1.82 bits per heavy atom. The SMILES string of the molecule is O=C(Nc1ccc(Br)nc1)C1C(C(=O)OC2CCNCC2)C2CCC1C21CC1. The first kappa shape index (κ1) is 18.6. The largest absolute Gasteiger partial charge is 0.462 e. The maximum absolute atomic E-state index is 13.2. The first-order chi connectivity index (χ1) is 13.6. The lowest BCUT2D eigenvalue weighted by atomic mass is 9.78. The van der Waals surface area contributed by atoms with Crippen LogP contribution < -0.4 is 10.6 Å². The van der Waals surface area contributed by atoms with Crippen LogP contribution in [0, 0.1) is 29.1 Å². The first-order valence-electron chi connectivity index (χ1n) is 10.4. The fraction of sp³-hybridized carbons (Fsp3) is 0.667. The number of esters is 1. The van der Waals surface area contributed by atoms with Crippen molar-refractivity contribution in [2.24, 2.45) is 29.1 Å². The van der Waals surface area contributed by atoms with E-state index in [1.165, 1.54) is 0 Å². The van der Waals surface area contributed by atoms with Crippen molar-refractivity contribution in [1.29, 1.82) is 0 Å². The number of pyridine rings is 1. The highest BCUT2D eigenvalue weighted by Crippen LogP contribution is 2.74. The number of hydrogen-bond acceptors (Lipinski definition) is 5. The second-order valence-electron chi connectivity index (χ2n) is 8.82. The predicted octanol–water partition coefficient (Wildman–Crippen LogP) is 3.13. The molecule has 1 aromatic heterocycles. The van der Waals surface area contributed by atoms with Crippen LogP contribution in [0.25, 0.3) is 0 Å². The lowest BCUT2D eigenvalue weighted by Crippen LogP contribution is -2.41. The van der Waals surface area contributed by atoms with Gasteiger partial charge >= 0.3 is 5.97 Å². The normalized spacial score (nSPS) is 33.0. The molecule has 4 unspecified atom stereocenters. The second-order valence-corrected chi connectivity index (χ2v) is 9.63. The molecule has 3 aliphatic carbocycles. The van der Waals surface area contributed by atoms with Crippen molar-refractivity contribution in [2.75, 3.05) is 18.4 Å². The molecule has 1 aliphatic heterocycles. The highest BCUT2D eigenvalue weighted by molar-refractivity contribution is 9.10. The van der Waals surface area contributed by atoms with Gasteiger partial charge in [-0.15, -0.1) is 0 Å². The van der Waals surface area contributed by atoms with Crippen LogP contribution in [0.2, 0.25) is 0 Å². The summed E-state index contributed by atoms with van der Waals surface area (Å²) in [6.07, 6.45) is 7.77. The maximum Gasteiger partial charge on any atom is 0.310 e. The third-order valence-corrected chi connectivity index (χ3v) is 7.95. The molecule has 1 amide bonds. The summed E-state index contributed by atoms with van der Waals surface area (Å²) in [6.45, 7) is 1.78. The fourth-order valence-corrected chi connectivity index (χ4v) is 6.39. The molecule has 3 saturated carbocycles. The number of halogens is 1. The van der Waals surface area contributed by atoms with Crippen molar-refractivity contribution in [1.82, 2.24) is 10.3 Å². The van der Waals surface area contributed by atoms with E-state index < -0.39 is 0 Å². The molecule has 0 aromatic carbocycles. The minimum atomic E-state index is -0.292. The molecule has 6 nitrogen and oxygen atoms in total. The number of hydrogen-bond donors (Lipinski definition) is 2. The summed E-state index contributed by atoms with van der Waals surface area (Å²) in [7, 11) is 0. The average molecular weight is 448 g/mol. The lowest BCUT2D eigenvalue weighted by molar-refractivity contribution is -0.161. The molecular weight excluding hydrogens is 422 g/mol. The molecule has 2 bridgehead atoms. The van der Waals surface area contributed by atoms with Gasteiger partial charge in [-0.2, -0.15) is 0 Å². The molecule has 4 atom stereocenters. The van der Waals surface area contributed by atoms with Crippen LogP contribution in [0.5, 0.6) is 0 Å². The van der Waals surface area contributed by atoms with Gasteiger partial charge in [-0.3, -0.25) is 9.59 Å². The van der Waals surface area contributed by atoms with Crippen molar-refractivity contribution < 1.29 is 14.3 Å². The number of carbonyl (C=O) groups excluding carboxylic acids is 2. The van der Waals surface area contributed by atoms with Gasteiger partial charge in [-0.1, -0.05) is 0 Å². The minimum absolute atomic E-state index is 0.0117. The van der Waals surface area contributed by atoms with Crippen LogP contribution in [0.1, 0.15) is 38.5 Å². The van der Waals surface area contributed by atoms with Gasteiger partial charge in [0.25, 0.3) is 0 Å². The Kier molecular flexibility index (Phi) is 4.70. The van der Waals surface area contributed by atoms with Crippen LogP contribution in [-0.2, 0) is 14.3 Å². The van der Waals surface area contributed by atoms with E-state index in [0.717, 1.165) is 56.2 Å². The molecule has 1 saturated heterocycles. The Morgan fingerprint density at radius 3 is 2.46 bits per heavy atom. The fourth-order valence-electron chi connectivity index (χ4n) is 6.16. The number of amides is 1. The van der Waals surface area contributed by atoms with E-state index in [9.17, 15) is 9.59 Å². The molecule has 4 fully saturated rings. The van der Waals surface area contributed by atoms with E-state index in [1.807, 2.05) is 12.1 Å². The summed E-state index contributed by atoms with van der Waals surface area (Å²) < 4.78 is 6.65. The molecule has 2 N–H and O–H groups in total. The monoisotopic (exact) mass is 447 g/mol. The van der Waals surface area contributed by atoms with Gasteiger partial charge in [0.2, 0.25) is 5.91 Å². The van der Waals surface area contributed by atoms with Gasteiger partial charge in [0, 0.05) is 0 Å². The molecule has 2 heterocycles. The molecule has 1 aromatic rings. The van der Waals surface area contributed by atoms with E-state index in [4.69, 9.17) is 4.74 Å². The summed E-state index contributed by atoms with van der Waals surface area (Å²) in [6, 6.07) is 3.64. The lowest BCUT2D eigenvalue weighted by Gasteiger charge is -2.31. The van der Waals surface area contributed by atoms with Gasteiger partial charge < -0.3 is 15.4 Å². The standard InChI is InChI=1S/C21H26BrN3O3/c22-16-4-1-12(11-24-16)25-19(26)17-14-2-3-15(21(14)7-8-21)18(17)20(27)28-13-5-9-23-10-6-13/h1,4,11,13-15,17-18,23H,2-3,5-10H2,(H,25,26). The van der Waals surface area contributed by atoms with E-state index in [-0.39, 0.29) is 35.2 Å². The van der Waals surface area contributed by atoms with Crippen LogP contribution in [-0.4, -0.2) is 36.1 Å². The van der Waals surface area contributed by atoms with E-state index in [2.05, 4.69) is 31.5 Å². The molecule has 28 heavy (non-hydrogen) atoms. The van der Waals surface area contributed by atoms with E-state index in [1.54, 1.807) is 6.20 Å². The number of nitrogens with one attached hydrogen (secondary N) is 2. The van der Waals surface area contributed by atoms with Crippen LogP contribution in [0.4, 0.5) is 5.69 Å². The summed E-state index contributed by atoms with van der Waals surface area (Å²) in [5.41, 5.74) is 0.893. The smallest absolute Gasteiger partial charge is 0.310 e. The molecule has 7 heteroatoms. The summed E-state index contributed by atoms with van der Waals surface area (Å²) >= 11 is 3.31. The third-order valence-electron chi connectivity index (χ3n) is 7.49. The predicted molar refractivity (Wildman–Crippen MR) is 107 cm³/mol. The zero-order valence-corrected chi connectivity index (χ0v) is 17.4. The van der Waals surface area contributed by atoms with Crippen LogP contribution in [0.3, 0.4) is 0 Å². The maximum atomic E-state index is 13.2. The molecule has 150 valence electrons. The quantitative estimate of drug-likeness (QED) is 0.547. The number of piperidine rings is 1. The summed E-state index contributed by atoms with van der Waals surface area (Å²) in [4.78, 5) is 30.6. The number of ether oxygens (including phenoxy) is 1. The molecule has 1 spiro atoms. The van der Waals surface area contributed by atoms with Crippen LogP contribution in [0.15, 0.2) is 22.9 Å². The van der Waals surface area contributed by atoms with E-state index >= 15 is 0 Å². The van der Waals surface area contributed by atoms with Gasteiger partial charge in [0.1, 0.15) is 10.7 Å². The van der Waals surface area contributed by atoms with Crippen LogP contribution >= 0.6 is 15.9 Å². The second kappa shape index (κ2) is 7.10. The first-order valence-corrected chi connectivity index (χ1v) is 11.2.